The molecule has 4 nitrogen and oxygen atoms in total. The molecule has 0 fully saturated rings. The van der Waals surface area contributed by atoms with E-state index in [9.17, 15) is 0 Å². The zero-order chi connectivity index (χ0) is 15.4. The number of pyridine rings is 1. The van der Waals surface area contributed by atoms with Crippen LogP contribution in [0.1, 0.15) is 0 Å². The fourth-order valence-electron chi connectivity index (χ4n) is 2.79. The quantitative estimate of drug-likeness (QED) is 0.412. The van der Waals surface area contributed by atoms with Gasteiger partial charge in [0, 0.05) is 39.8 Å². The van der Waals surface area contributed by atoms with E-state index in [0.29, 0.717) is 16.5 Å². The van der Waals surface area contributed by atoms with Crippen molar-refractivity contribution in [3.05, 3.63) is 59.9 Å². The van der Waals surface area contributed by atoms with Gasteiger partial charge in [-0.1, -0.05) is 11.6 Å². The molecule has 0 atom stereocenters. The second kappa shape index (κ2) is 4.57. The van der Waals surface area contributed by atoms with Crippen molar-refractivity contribution in [3.8, 4) is 11.5 Å². The largest absolute Gasteiger partial charge is 0.456 e. The standard InChI is InChI=1S/C18H9ClN2O2/c19-11-1-2-15-12(7-11)13-8-14-17(9-16(13)22-15)23-18(21-14)10-3-5-20-6-4-10/h1-9H. The summed E-state index contributed by atoms with van der Waals surface area (Å²) < 4.78 is 11.7. The summed E-state index contributed by atoms with van der Waals surface area (Å²) in [4.78, 5) is 8.58. The molecule has 3 aromatic heterocycles. The molecule has 0 amide bonds. The highest BCUT2D eigenvalue weighted by Crippen LogP contribution is 2.34. The number of rotatable bonds is 1. The van der Waals surface area contributed by atoms with Gasteiger partial charge in [0.05, 0.1) is 0 Å². The van der Waals surface area contributed by atoms with E-state index >= 15 is 0 Å². The van der Waals surface area contributed by atoms with E-state index in [1.54, 1.807) is 12.4 Å². The van der Waals surface area contributed by atoms with E-state index in [0.717, 1.165) is 33.0 Å². The van der Waals surface area contributed by atoms with Crippen LogP contribution in [0.2, 0.25) is 5.02 Å². The van der Waals surface area contributed by atoms with E-state index in [-0.39, 0.29) is 0 Å². The molecule has 0 saturated heterocycles. The average Bonchev–Trinajstić information content (AvgIpc) is 3.14. The van der Waals surface area contributed by atoms with E-state index in [4.69, 9.17) is 20.4 Å². The van der Waals surface area contributed by atoms with E-state index in [1.165, 1.54) is 0 Å². The second-order valence-electron chi connectivity index (χ2n) is 5.31. The molecule has 5 heteroatoms. The molecule has 0 saturated carbocycles. The van der Waals surface area contributed by atoms with Crippen molar-refractivity contribution in [2.24, 2.45) is 0 Å². The molecule has 23 heavy (non-hydrogen) atoms. The summed E-state index contributed by atoms with van der Waals surface area (Å²) in [6, 6.07) is 13.2. The molecule has 0 unspecified atom stereocenters. The first-order valence-electron chi connectivity index (χ1n) is 7.11. The lowest BCUT2D eigenvalue weighted by Gasteiger charge is -1.91. The lowest BCUT2D eigenvalue weighted by molar-refractivity contribution is 0.617. The summed E-state index contributed by atoms with van der Waals surface area (Å²) >= 11 is 6.10. The van der Waals surface area contributed by atoms with Gasteiger partial charge < -0.3 is 8.83 Å². The maximum atomic E-state index is 6.10. The van der Waals surface area contributed by atoms with Gasteiger partial charge in [-0.15, -0.1) is 0 Å². The number of aromatic nitrogens is 2. The van der Waals surface area contributed by atoms with Gasteiger partial charge in [0.1, 0.15) is 16.7 Å². The summed E-state index contributed by atoms with van der Waals surface area (Å²) in [6.07, 6.45) is 3.43. The van der Waals surface area contributed by atoms with Gasteiger partial charge in [-0.3, -0.25) is 4.98 Å². The molecular formula is C18H9ClN2O2. The first-order chi connectivity index (χ1) is 11.3. The number of benzene rings is 2. The van der Waals surface area contributed by atoms with Crippen LogP contribution in [-0.2, 0) is 0 Å². The number of oxazole rings is 1. The molecule has 0 aliphatic heterocycles. The molecule has 5 aromatic rings. The Balaban J connectivity index is 1.80. The average molecular weight is 321 g/mol. The minimum Gasteiger partial charge on any atom is -0.456 e. The Bertz CT molecular complexity index is 1180. The van der Waals surface area contributed by atoms with E-state index < -0.39 is 0 Å². The Morgan fingerprint density at radius 3 is 2.48 bits per heavy atom. The van der Waals surface area contributed by atoms with Crippen LogP contribution in [0.25, 0.3) is 44.5 Å². The number of fused-ring (bicyclic) bond motifs is 4. The third kappa shape index (κ3) is 1.92. The summed E-state index contributed by atoms with van der Waals surface area (Å²) in [6.45, 7) is 0. The monoisotopic (exact) mass is 320 g/mol. The van der Waals surface area contributed by atoms with Crippen LogP contribution in [0.15, 0.2) is 63.7 Å². The van der Waals surface area contributed by atoms with Crippen molar-refractivity contribution in [1.82, 2.24) is 9.97 Å². The second-order valence-corrected chi connectivity index (χ2v) is 5.75. The summed E-state index contributed by atoms with van der Waals surface area (Å²) in [5.74, 6) is 0.567. The highest BCUT2D eigenvalue weighted by Gasteiger charge is 2.13. The lowest BCUT2D eigenvalue weighted by atomic mass is 10.1. The van der Waals surface area contributed by atoms with Crippen molar-refractivity contribution < 1.29 is 8.83 Å². The third-order valence-electron chi connectivity index (χ3n) is 3.87. The highest BCUT2D eigenvalue weighted by molar-refractivity contribution is 6.31. The van der Waals surface area contributed by atoms with Crippen molar-refractivity contribution >= 4 is 44.6 Å². The number of furan rings is 1. The van der Waals surface area contributed by atoms with Crippen molar-refractivity contribution in [3.63, 3.8) is 0 Å². The molecule has 0 aliphatic carbocycles. The van der Waals surface area contributed by atoms with Gasteiger partial charge in [0.15, 0.2) is 5.58 Å². The molecule has 0 spiro atoms. The molecular weight excluding hydrogens is 312 g/mol. The maximum Gasteiger partial charge on any atom is 0.227 e. The lowest BCUT2D eigenvalue weighted by Crippen LogP contribution is -1.76. The molecule has 0 aliphatic rings. The molecule has 5 rings (SSSR count). The van der Waals surface area contributed by atoms with Crippen molar-refractivity contribution in [2.75, 3.05) is 0 Å². The van der Waals surface area contributed by atoms with Crippen LogP contribution in [0.4, 0.5) is 0 Å². The Hall–Kier alpha value is -2.85. The Morgan fingerprint density at radius 2 is 1.61 bits per heavy atom. The van der Waals surface area contributed by atoms with E-state index in [2.05, 4.69) is 9.97 Å². The van der Waals surface area contributed by atoms with Crippen LogP contribution >= 0.6 is 11.6 Å². The number of halogens is 1. The minimum absolute atomic E-state index is 0.567. The van der Waals surface area contributed by atoms with Gasteiger partial charge >= 0.3 is 0 Å². The van der Waals surface area contributed by atoms with Crippen LogP contribution < -0.4 is 0 Å². The summed E-state index contributed by atoms with van der Waals surface area (Å²) in [7, 11) is 0. The van der Waals surface area contributed by atoms with Gasteiger partial charge in [-0.05, 0) is 36.4 Å². The molecule has 0 N–H and O–H groups in total. The Kier molecular flexibility index (Phi) is 2.52. The molecule has 0 bridgehead atoms. The molecule has 110 valence electrons. The number of nitrogens with zero attached hydrogens (tertiary/aromatic N) is 2. The molecule has 2 aromatic carbocycles. The van der Waals surface area contributed by atoms with Gasteiger partial charge in [-0.25, -0.2) is 4.98 Å². The van der Waals surface area contributed by atoms with Crippen LogP contribution in [-0.4, -0.2) is 9.97 Å². The summed E-state index contributed by atoms with van der Waals surface area (Å²) in [5, 5.41) is 2.63. The predicted molar refractivity (Wildman–Crippen MR) is 89.5 cm³/mol. The van der Waals surface area contributed by atoms with Crippen LogP contribution in [0.3, 0.4) is 0 Å². The number of hydrogen-bond acceptors (Lipinski definition) is 4. The number of hydrogen-bond donors (Lipinski definition) is 0. The molecule has 0 radical (unpaired) electrons. The Morgan fingerprint density at radius 1 is 0.783 bits per heavy atom. The minimum atomic E-state index is 0.567. The Labute approximate surface area is 135 Å². The van der Waals surface area contributed by atoms with Crippen molar-refractivity contribution in [2.45, 2.75) is 0 Å². The molecule has 3 heterocycles. The van der Waals surface area contributed by atoms with Gasteiger partial charge in [0.25, 0.3) is 0 Å². The zero-order valence-corrected chi connectivity index (χ0v) is 12.5. The van der Waals surface area contributed by atoms with Crippen LogP contribution in [0, 0.1) is 0 Å². The smallest absolute Gasteiger partial charge is 0.227 e. The first-order valence-corrected chi connectivity index (χ1v) is 7.48. The van der Waals surface area contributed by atoms with E-state index in [1.807, 2.05) is 42.5 Å². The normalized spacial score (nSPS) is 11.7. The zero-order valence-electron chi connectivity index (χ0n) is 11.8. The van der Waals surface area contributed by atoms with Gasteiger partial charge in [-0.2, -0.15) is 0 Å². The van der Waals surface area contributed by atoms with Crippen molar-refractivity contribution in [1.29, 1.82) is 0 Å². The maximum absolute atomic E-state index is 6.10. The fraction of sp³-hybridized carbons (Fsp3) is 0. The highest BCUT2D eigenvalue weighted by atomic mass is 35.5. The first kappa shape index (κ1) is 12.7. The fourth-order valence-corrected chi connectivity index (χ4v) is 2.96. The topological polar surface area (TPSA) is 52.1 Å². The van der Waals surface area contributed by atoms with Gasteiger partial charge in [0.2, 0.25) is 5.89 Å². The predicted octanol–water partition coefficient (Wildman–Crippen LogP) is 5.44. The summed E-state index contributed by atoms with van der Waals surface area (Å²) in [5.41, 5.74) is 3.92. The third-order valence-corrected chi connectivity index (χ3v) is 4.10. The van der Waals surface area contributed by atoms with Crippen LogP contribution in [0.5, 0.6) is 0 Å². The SMILES string of the molecule is Clc1ccc2oc3cc4oc(-c5ccncc5)nc4cc3c2c1.